The highest BCUT2D eigenvalue weighted by molar-refractivity contribution is 5.35. The van der Waals surface area contributed by atoms with Crippen LogP contribution in [0.25, 0.3) is 0 Å². The molecular weight excluding hydrogens is 402 g/mol. The zero-order valence-electron chi connectivity index (χ0n) is 19.8. The lowest BCUT2D eigenvalue weighted by Crippen LogP contribution is -2.39. The predicted molar refractivity (Wildman–Crippen MR) is 126 cm³/mol. The van der Waals surface area contributed by atoms with E-state index in [1.807, 2.05) is 0 Å². The van der Waals surface area contributed by atoms with E-state index in [1.165, 1.54) is 36.2 Å². The fourth-order valence-corrected chi connectivity index (χ4v) is 5.68. The number of fused-ring (bicyclic) bond motifs is 1. The number of H-pyrrole nitrogens is 1. The van der Waals surface area contributed by atoms with Crippen LogP contribution in [-0.4, -0.2) is 51.8 Å². The summed E-state index contributed by atoms with van der Waals surface area (Å²) >= 11 is 0. The van der Waals surface area contributed by atoms with Crippen LogP contribution in [0.3, 0.4) is 0 Å². The molecule has 0 saturated carbocycles. The third-order valence-corrected chi connectivity index (χ3v) is 7.57. The SMILES string of the molecule is Cc1cc(CN2CCc3nc(N4CCC[C@@H](C)C4)[nH]c(=O)c3C2)c(C)n1C[C@@H]1CCCO1. The molecule has 5 rings (SSSR count). The van der Waals surface area contributed by atoms with Crippen molar-refractivity contribution in [2.24, 2.45) is 5.92 Å². The number of nitrogens with zero attached hydrogens (tertiary/aromatic N) is 4. The average Bonchev–Trinajstić information content (AvgIpc) is 3.38. The topological polar surface area (TPSA) is 66.4 Å². The lowest BCUT2D eigenvalue weighted by atomic mass is 10.0. The van der Waals surface area contributed by atoms with Crippen molar-refractivity contribution in [1.29, 1.82) is 0 Å². The number of hydrogen-bond donors (Lipinski definition) is 1. The molecule has 7 nitrogen and oxygen atoms in total. The fraction of sp³-hybridized carbons (Fsp3) is 0.680. The van der Waals surface area contributed by atoms with Gasteiger partial charge in [-0.3, -0.25) is 14.7 Å². The van der Waals surface area contributed by atoms with Crippen molar-refractivity contribution >= 4 is 5.95 Å². The molecule has 2 aromatic rings. The minimum atomic E-state index is 0.0387. The summed E-state index contributed by atoms with van der Waals surface area (Å²) in [5.41, 5.74) is 5.85. The van der Waals surface area contributed by atoms with E-state index in [4.69, 9.17) is 9.72 Å². The summed E-state index contributed by atoms with van der Waals surface area (Å²) in [5.74, 6) is 1.42. The summed E-state index contributed by atoms with van der Waals surface area (Å²) in [7, 11) is 0. The maximum Gasteiger partial charge on any atom is 0.257 e. The van der Waals surface area contributed by atoms with Gasteiger partial charge in [0.1, 0.15) is 0 Å². The second-order valence-electron chi connectivity index (χ2n) is 10.1. The Morgan fingerprint density at radius 1 is 1.22 bits per heavy atom. The van der Waals surface area contributed by atoms with Crippen molar-refractivity contribution in [2.75, 3.05) is 31.1 Å². The van der Waals surface area contributed by atoms with Gasteiger partial charge in [0.15, 0.2) is 0 Å². The van der Waals surface area contributed by atoms with Crippen molar-refractivity contribution in [1.82, 2.24) is 19.4 Å². The van der Waals surface area contributed by atoms with E-state index < -0.39 is 0 Å². The van der Waals surface area contributed by atoms with Gasteiger partial charge in [-0.1, -0.05) is 6.92 Å². The molecule has 0 spiro atoms. The van der Waals surface area contributed by atoms with Crippen LogP contribution in [0.15, 0.2) is 10.9 Å². The number of aromatic amines is 1. The monoisotopic (exact) mass is 439 g/mol. The molecule has 0 bridgehead atoms. The number of piperidine rings is 1. The van der Waals surface area contributed by atoms with Crippen LogP contribution in [0.5, 0.6) is 0 Å². The summed E-state index contributed by atoms with van der Waals surface area (Å²) < 4.78 is 8.26. The molecular formula is C25H37N5O2. The molecule has 5 heterocycles. The molecule has 7 heteroatoms. The largest absolute Gasteiger partial charge is 0.376 e. The molecule has 174 valence electrons. The van der Waals surface area contributed by atoms with Gasteiger partial charge in [-0.25, -0.2) is 4.98 Å². The van der Waals surface area contributed by atoms with Gasteiger partial charge in [-0.15, -0.1) is 0 Å². The van der Waals surface area contributed by atoms with Crippen molar-refractivity contribution in [2.45, 2.75) is 78.6 Å². The zero-order valence-corrected chi connectivity index (χ0v) is 19.8. The van der Waals surface area contributed by atoms with Gasteiger partial charge in [0.05, 0.1) is 17.4 Å². The lowest BCUT2D eigenvalue weighted by Gasteiger charge is -2.33. The highest BCUT2D eigenvalue weighted by atomic mass is 16.5. The lowest BCUT2D eigenvalue weighted by molar-refractivity contribution is 0.0961. The van der Waals surface area contributed by atoms with Crippen LogP contribution < -0.4 is 10.5 Å². The number of aromatic nitrogens is 3. The zero-order chi connectivity index (χ0) is 22.2. The Morgan fingerprint density at radius 2 is 2.09 bits per heavy atom. The van der Waals surface area contributed by atoms with E-state index in [9.17, 15) is 4.79 Å². The Hall–Kier alpha value is -2.12. The third-order valence-electron chi connectivity index (χ3n) is 7.57. The van der Waals surface area contributed by atoms with Crippen molar-refractivity contribution in [3.05, 3.63) is 44.6 Å². The maximum atomic E-state index is 13.0. The van der Waals surface area contributed by atoms with Gasteiger partial charge in [0, 0.05) is 63.7 Å². The highest BCUT2D eigenvalue weighted by Gasteiger charge is 2.26. The van der Waals surface area contributed by atoms with Crippen molar-refractivity contribution < 1.29 is 4.74 Å². The highest BCUT2D eigenvalue weighted by Crippen LogP contribution is 2.25. The minimum absolute atomic E-state index is 0.0387. The van der Waals surface area contributed by atoms with Gasteiger partial charge in [0.2, 0.25) is 5.95 Å². The van der Waals surface area contributed by atoms with E-state index in [1.54, 1.807) is 0 Å². The summed E-state index contributed by atoms with van der Waals surface area (Å²) in [5, 5.41) is 0. The van der Waals surface area contributed by atoms with Crippen LogP contribution in [0, 0.1) is 19.8 Å². The van der Waals surface area contributed by atoms with Crippen LogP contribution in [0.4, 0.5) is 5.95 Å². The van der Waals surface area contributed by atoms with Crippen LogP contribution in [0.2, 0.25) is 0 Å². The molecule has 2 fully saturated rings. The number of rotatable bonds is 5. The normalized spacial score (nSPS) is 24.2. The van der Waals surface area contributed by atoms with E-state index in [0.717, 1.165) is 69.4 Å². The Balaban J connectivity index is 1.29. The molecule has 0 radical (unpaired) electrons. The fourth-order valence-electron chi connectivity index (χ4n) is 5.68. The van der Waals surface area contributed by atoms with E-state index >= 15 is 0 Å². The molecule has 2 aromatic heterocycles. The second-order valence-corrected chi connectivity index (χ2v) is 10.1. The molecule has 0 amide bonds. The van der Waals surface area contributed by atoms with Crippen LogP contribution >= 0.6 is 0 Å². The number of ether oxygens (including phenoxy) is 1. The summed E-state index contributed by atoms with van der Waals surface area (Å²) in [4.78, 5) is 25.6. The number of hydrogen-bond acceptors (Lipinski definition) is 5. The smallest absolute Gasteiger partial charge is 0.257 e. The van der Waals surface area contributed by atoms with E-state index in [0.29, 0.717) is 18.6 Å². The van der Waals surface area contributed by atoms with Gasteiger partial charge in [0.25, 0.3) is 5.56 Å². The third kappa shape index (κ3) is 4.37. The van der Waals surface area contributed by atoms with Crippen LogP contribution in [0.1, 0.15) is 60.8 Å². The Morgan fingerprint density at radius 3 is 2.88 bits per heavy atom. The second kappa shape index (κ2) is 9.02. The Bertz CT molecular complexity index is 1020. The van der Waals surface area contributed by atoms with Crippen LogP contribution in [-0.2, 0) is 30.8 Å². The minimum Gasteiger partial charge on any atom is -0.376 e. The molecule has 2 saturated heterocycles. The van der Waals surface area contributed by atoms with Crippen molar-refractivity contribution in [3.8, 4) is 0 Å². The maximum absolute atomic E-state index is 13.0. The first kappa shape index (κ1) is 21.7. The predicted octanol–water partition coefficient (Wildman–Crippen LogP) is 3.16. The van der Waals surface area contributed by atoms with E-state index in [2.05, 4.69) is 46.2 Å². The molecule has 0 unspecified atom stereocenters. The molecule has 0 aromatic carbocycles. The summed E-state index contributed by atoms with van der Waals surface area (Å²) in [6.45, 7) is 13.0. The quantitative estimate of drug-likeness (QED) is 0.775. The first-order chi connectivity index (χ1) is 15.5. The van der Waals surface area contributed by atoms with Gasteiger partial charge in [-0.2, -0.15) is 0 Å². The van der Waals surface area contributed by atoms with Gasteiger partial charge in [-0.05, 0) is 57.1 Å². The number of aryl methyl sites for hydroxylation is 1. The molecule has 32 heavy (non-hydrogen) atoms. The van der Waals surface area contributed by atoms with Gasteiger partial charge < -0.3 is 14.2 Å². The summed E-state index contributed by atoms with van der Waals surface area (Å²) in [6, 6.07) is 2.31. The Labute approximate surface area is 190 Å². The standard InChI is InChI=1S/C25H37N5O2/c1-17-6-4-9-29(13-17)25-26-23-8-10-28(16-22(23)24(31)27-25)14-20-12-18(2)30(19(20)3)15-21-7-5-11-32-21/h12,17,21H,4-11,13-16H2,1-3H3,(H,26,27,31)/t17-,21+/m1/s1. The molecule has 1 N–H and O–H groups in total. The molecule has 0 aliphatic carbocycles. The molecule has 3 aliphatic rings. The first-order valence-electron chi connectivity index (χ1n) is 12.3. The number of nitrogens with one attached hydrogen (secondary N) is 1. The summed E-state index contributed by atoms with van der Waals surface area (Å²) in [6.07, 6.45) is 5.94. The van der Waals surface area contributed by atoms with Crippen molar-refractivity contribution in [3.63, 3.8) is 0 Å². The van der Waals surface area contributed by atoms with E-state index in [-0.39, 0.29) is 5.56 Å². The average molecular weight is 440 g/mol. The number of anilines is 1. The first-order valence-corrected chi connectivity index (χ1v) is 12.3. The molecule has 3 aliphatic heterocycles. The Kier molecular flexibility index (Phi) is 6.12. The van der Waals surface area contributed by atoms with Gasteiger partial charge >= 0.3 is 0 Å². The molecule has 2 atom stereocenters.